The molecule has 0 spiro atoms. The minimum Gasteiger partial charge on any atom is -0.325 e. The Hall–Kier alpha value is -4.35. The van der Waals surface area contributed by atoms with Gasteiger partial charge in [-0.15, -0.1) is 11.8 Å². The van der Waals surface area contributed by atoms with Crippen LogP contribution in [0.4, 0.5) is 17.1 Å². The maximum atomic E-state index is 13.3. The van der Waals surface area contributed by atoms with Crippen molar-refractivity contribution in [2.75, 3.05) is 16.0 Å². The molecule has 1 aliphatic heterocycles. The highest BCUT2D eigenvalue weighted by Gasteiger charge is 2.34. The molecular formula is C27H22N4O5S2. The number of carbonyl (C=O) groups excluding carboxylic acids is 3. The average molecular weight is 547 g/mol. The molecule has 11 heteroatoms. The van der Waals surface area contributed by atoms with Crippen LogP contribution >= 0.6 is 24.0 Å². The number of benzene rings is 3. The third-order valence-electron chi connectivity index (χ3n) is 5.47. The fourth-order valence-corrected chi connectivity index (χ4v) is 4.97. The number of hydrogen-bond donors (Lipinski definition) is 2. The van der Waals surface area contributed by atoms with E-state index in [2.05, 4.69) is 10.6 Å². The molecule has 38 heavy (non-hydrogen) atoms. The molecule has 3 amide bonds. The topological polar surface area (TPSA) is 122 Å². The smallest absolute Gasteiger partial charge is 0.283 e. The summed E-state index contributed by atoms with van der Waals surface area (Å²) >= 11 is 6.27. The van der Waals surface area contributed by atoms with Gasteiger partial charge >= 0.3 is 0 Å². The van der Waals surface area contributed by atoms with E-state index in [0.29, 0.717) is 11.4 Å². The van der Waals surface area contributed by atoms with Crippen LogP contribution in [0.15, 0.2) is 77.2 Å². The largest absolute Gasteiger partial charge is 0.325 e. The van der Waals surface area contributed by atoms with E-state index in [1.807, 2.05) is 26.0 Å². The van der Waals surface area contributed by atoms with Gasteiger partial charge in [0.25, 0.3) is 17.5 Å². The van der Waals surface area contributed by atoms with E-state index >= 15 is 0 Å². The molecule has 0 saturated carbocycles. The van der Waals surface area contributed by atoms with Crippen molar-refractivity contribution in [3.05, 3.63) is 99.1 Å². The van der Waals surface area contributed by atoms with Gasteiger partial charge in [0.2, 0.25) is 5.91 Å². The Bertz CT molecular complexity index is 1480. The van der Waals surface area contributed by atoms with Crippen LogP contribution in [-0.2, 0) is 14.4 Å². The maximum absolute atomic E-state index is 13.3. The molecule has 1 saturated heterocycles. The second kappa shape index (κ2) is 11.4. The van der Waals surface area contributed by atoms with Crippen molar-refractivity contribution in [3.8, 4) is 0 Å². The second-order valence-electron chi connectivity index (χ2n) is 8.49. The van der Waals surface area contributed by atoms with E-state index in [1.165, 1.54) is 23.1 Å². The van der Waals surface area contributed by atoms with Gasteiger partial charge in [0.1, 0.15) is 5.57 Å². The van der Waals surface area contributed by atoms with Gasteiger partial charge in [-0.05, 0) is 79.2 Å². The number of nitro groups is 1. The maximum Gasteiger partial charge on any atom is 0.283 e. The monoisotopic (exact) mass is 546 g/mol. The lowest BCUT2D eigenvalue weighted by Crippen LogP contribution is -2.54. The van der Waals surface area contributed by atoms with Gasteiger partial charge in [-0.1, -0.05) is 30.3 Å². The van der Waals surface area contributed by atoms with Crippen LogP contribution in [0.25, 0.3) is 6.08 Å². The fourth-order valence-electron chi connectivity index (χ4n) is 3.89. The number of aryl methyl sites for hydroxylation is 2. The molecule has 4 rings (SSSR count). The minimum atomic E-state index is -0.695. The Morgan fingerprint density at radius 2 is 1.76 bits per heavy atom. The Labute approximate surface area is 228 Å². The zero-order chi connectivity index (χ0) is 27.4. The standard InChI is InChI=1S/C27H22N4O5S2/c1-16-10-17(2)12-20(11-16)30-26(34)21(25(33)29-27(30)37)13-18-8-9-23(22(14-18)31(35)36)38-15-24(32)28-19-6-4-3-5-7-19/h3-14H,15H2,1-2H3,(H,28,32)(H,29,33,37)/b21-13+. The predicted octanol–water partition coefficient (Wildman–Crippen LogP) is 4.77. The normalized spacial score (nSPS) is 14.4. The number of hydrogen-bond acceptors (Lipinski definition) is 7. The van der Waals surface area contributed by atoms with E-state index in [-0.39, 0.29) is 38.5 Å². The van der Waals surface area contributed by atoms with E-state index in [0.717, 1.165) is 22.9 Å². The summed E-state index contributed by atoms with van der Waals surface area (Å²) in [7, 11) is 0. The van der Waals surface area contributed by atoms with Crippen molar-refractivity contribution < 1.29 is 19.3 Å². The molecule has 1 fully saturated rings. The molecular weight excluding hydrogens is 524 g/mol. The molecule has 192 valence electrons. The summed E-state index contributed by atoms with van der Waals surface area (Å²) in [5.74, 6) is -1.69. The molecule has 0 bridgehead atoms. The highest BCUT2D eigenvalue weighted by molar-refractivity contribution is 8.00. The number of nitro benzene ring substituents is 1. The number of rotatable bonds is 7. The van der Waals surface area contributed by atoms with Gasteiger partial charge < -0.3 is 5.32 Å². The zero-order valence-electron chi connectivity index (χ0n) is 20.4. The summed E-state index contributed by atoms with van der Waals surface area (Å²) in [4.78, 5) is 50.9. The number of para-hydroxylation sites is 1. The molecule has 1 heterocycles. The highest BCUT2D eigenvalue weighted by atomic mass is 32.2. The summed E-state index contributed by atoms with van der Waals surface area (Å²) in [6.45, 7) is 3.76. The molecule has 9 nitrogen and oxygen atoms in total. The number of thiocarbonyl (C=S) groups is 1. The van der Waals surface area contributed by atoms with Crippen LogP contribution in [0, 0.1) is 24.0 Å². The Kier molecular flexibility index (Phi) is 7.99. The summed E-state index contributed by atoms with van der Waals surface area (Å²) in [5, 5.41) is 17.0. The summed E-state index contributed by atoms with van der Waals surface area (Å²) < 4.78 is 0. The number of amides is 3. The summed E-state index contributed by atoms with van der Waals surface area (Å²) in [6, 6.07) is 18.7. The van der Waals surface area contributed by atoms with E-state index in [9.17, 15) is 24.5 Å². The van der Waals surface area contributed by atoms with Crippen molar-refractivity contribution in [2.45, 2.75) is 18.7 Å². The van der Waals surface area contributed by atoms with Gasteiger partial charge in [-0.25, -0.2) is 0 Å². The lowest BCUT2D eigenvalue weighted by Gasteiger charge is -2.29. The summed E-state index contributed by atoms with van der Waals surface area (Å²) in [5.41, 5.74) is 2.78. The van der Waals surface area contributed by atoms with E-state index in [1.54, 1.807) is 42.5 Å². The molecule has 0 aliphatic carbocycles. The molecule has 0 radical (unpaired) electrons. The Balaban J connectivity index is 1.57. The van der Waals surface area contributed by atoms with E-state index < -0.39 is 16.7 Å². The number of nitrogens with zero attached hydrogens (tertiary/aromatic N) is 2. The third-order valence-corrected chi connectivity index (χ3v) is 6.82. The van der Waals surface area contributed by atoms with Crippen LogP contribution in [0.2, 0.25) is 0 Å². The van der Waals surface area contributed by atoms with Gasteiger partial charge in [0, 0.05) is 11.8 Å². The highest BCUT2D eigenvalue weighted by Crippen LogP contribution is 2.32. The second-order valence-corrected chi connectivity index (χ2v) is 9.89. The lowest BCUT2D eigenvalue weighted by atomic mass is 10.1. The van der Waals surface area contributed by atoms with Gasteiger partial charge in [-0.3, -0.25) is 34.7 Å². The van der Waals surface area contributed by atoms with Crippen LogP contribution in [-0.4, -0.2) is 33.5 Å². The number of carbonyl (C=O) groups is 3. The summed E-state index contributed by atoms with van der Waals surface area (Å²) in [6.07, 6.45) is 1.29. The van der Waals surface area contributed by atoms with Crippen molar-refractivity contribution in [1.29, 1.82) is 0 Å². The van der Waals surface area contributed by atoms with Crippen molar-refractivity contribution in [3.63, 3.8) is 0 Å². The minimum absolute atomic E-state index is 0.0423. The van der Waals surface area contributed by atoms with Crippen LogP contribution in [0.3, 0.4) is 0 Å². The molecule has 2 N–H and O–H groups in total. The Morgan fingerprint density at radius 1 is 1.08 bits per heavy atom. The molecule has 3 aromatic carbocycles. The number of anilines is 2. The zero-order valence-corrected chi connectivity index (χ0v) is 22.0. The van der Waals surface area contributed by atoms with Crippen LogP contribution < -0.4 is 15.5 Å². The van der Waals surface area contributed by atoms with Crippen LogP contribution in [0.1, 0.15) is 16.7 Å². The average Bonchev–Trinajstić information content (AvgIpc) is 2.85. The first-order valence-electron chi connectivity index (χ1n) is 11.4. The van der Waals surface area contributed by atoms with Gasteiger partial charge in [0.15, 0.2) is 5.11 Å². The first kappa shape index (κ1) is 26.7. The van der Waals surface area contributed by atoms with Crippen molar-refractivity contribution in [2.24, 2.45) is 0 Å². The predicted molar refractivity (Wildman–Crippen MR) is 151 cm³/mol. The Morgan fingerprint density at radius 3 is 2.42 bits per heavy atom. The lowest BCUT2D eigenvalue weighted by molar-refractivity contribution is -0.387. The first-order chi connectivity index (χ1) is 18.1. The molecule has 0 aromatic heterocycles. The SMILES string of the molecule is Cc1cc(C)cc(N2C(=O)/C(=C/c3ccc(SCC(=O)Nc4ccccc4)c([N+](=O)[O-])c3)C(=O)NC2=S)c1. The van der Waals surface area contributed by atoms with Crippen LogP contribution in [0.5, 0.6) is 0 Å². The number of nitrogens with one attached hydrogen (secondary N) is 2. The third kappa shape index (κ3) is 6.13. The molecule has 0 atom stereocenters. The fraction of sp³-hybridized carbons (Fsp3) is 0.111. The first-order valence-corrected chi connectivity index (χ1v) is 12.8. The molecule has 1 aliphatic rings. The van der Waals surface area contributed by atoms with Crippen molar-refractivity contribution >= 4 is 70.0 Å². The quantitative estimate of drug-likeness (QED) is 0.109. The number of thioether (sulfide) groups is 1. The van der Waals surface area contributed by atoms with E-state index in [4.69, 9.17) is 12.2 Å². The molecule has 3 aromatic rings. The van der Waals surface area contributed by atoms with Crippen molar-refractivity contribution in [1.82, 2.24) is 5.32 Å². The molecule has 0 unspecified atom stereocenters. The van der Waals surface area contributed by atoms with Gasteiger partial charge in [-0.2, -0.15) is 0 Å². The van der Waals surface area contributed by atoms with Gasteiger partial charge in [0.05, 0.1) is 21.3 Å².